The number of nitro groups is 1. The number of nitrogens with zero attached hydrogens (tertiary/aromatic N) is 2. The maximum Gasteiger partial charge on any atom is 0.393 e. The van der Waals surface area contributed by atoms with Gasteiger partial charge in [0.25, 0.3) is 5.69 Å². The highest BCUT2D eigenvalue weighted by Crippen LogP contribution is 2.33. The molecule has 1 aromatic rings. The van der Waals surface area contributed by atoms with E-state index in [0.717, 1.165) is 11.0 Å². The minimum Gasteiger partial charge on any atom is -0.324 e. The maximum atomic E-state index is 12.7. The van der Waals surface area contributed by atoms with Gasteiger partial charge in [0, 0.05) is 30.9 Å². The maximum absolute atomic E-state index is 12.7. The molecule has 2 rings (SSSR count). The summed E-state index contributed by atoms with van der Waals surface area (Å²) in [5.74, 6) is -1.53. The number of benzene rings is 1. The van der Waals surface area contributed by atoms with Gasteiger partial charge in [-0.3, -0.25) is 10.1 Å². The van der Waals surface area contributed by atoms with Gasteiger partial charge in [0.2, 0.25) is 0 Å². The van der Waals surface area contributed by atoms with Crippen molar-refractivity contribution in [1.29, 1.82) is 0 Å². The van der Waals surface area contributed by atoms with Gasteiger partial charge in [-0.15, -0.1) is 0 Å². The van der Waals surface area contributed by atoms with Crippen LogP contribution in [0, 0.1) is 16.0 Å². The van der Waals surface area contributed by atoms with Gasteiger partial charge in [-0.2, -0.15) is 13.2 Å². The molecule has 1 heterocycles. The van der Waals surface area contributed by atoms with Crippen LogP contribution in [0.3, 0.4) is 0 Å². The number of hydrogen-bond acceptors (Lipinski definition) is 3. The predicted octanol–water partition coefficient (Wildman–Crippen LogP) is 3.40. The number of hydrogen-bond donors (Lipinski definition) is 1. The summed E-state index contributed by atoms with van der Waals surface area (Å²) >= 11 is 0. The predicted molar refractivity (Wildman–Crippen MR) is 72.5 cm³/mol. The number of likely N-dealkylation sites (tertiary alicyclic amines) is 1. The van der Waals surface area contributed by atoms with Gasteiger partial charge in [-0.1, -0.05) is 6.07 Å². The second kappa shape index (κ2) is 6.20. The van der Waals surface area contributed by atoms with Crippen molar-refractivity contribution in [3.63, 3.8) is 0 Å². The molecule has 2 amide bonds. The van der Waals surface area contributed by atoms with Crippen molar-refractivity contribution in [1.82, 2.24) is 4.90 Å². The molecule has 1 aliphatic heterocycles. The molecule has 1 aliphatic rings. The molecule has 0 bridgehead atoms. The number of anilines is 1. The number of non-ortho nitro benzene ring substituents is 1. The Morgan fingerprint density at radius 1 is 1.41 bits per heavy atom. The summed E-state index contributed by atoms with van der Waals surface area (Å²) in [5.41, 5.74) is -0.0297. The largest absolute Gasteiger partial charge is 0.393 e. The van der Waals surface area contributed by atoms with Crippen molar-refractivity contribution in [3.05, 3.63) is 34.4 Å². The van der Waals surface area contributed by atoms with E-state index in [1.807, 2.05) is 0 Å². The molecule has 1 saturated heterocycles. The van der Waals surface area contributed by atoms with Crippen molar-refractivity contribution in [2.75, 3.05) is 18.4 Å². The van der Waals surface area contributed by atoms with E-state index >= 15 is 0 Å². The summed E-state index contributed by atoms with van der Waals surface area (Å²) in [7, 11) is 0. The monoisotopic (exact) mass is 317 g/mol. The Morgan fingerprint density at radius 2 is 2.14 bits per heavy atom. The minimum atomic E-state index is -4.33. The van der Waals surface area contributed by atoms with Gasteiger partial charge >= 0.3 is 12.2 Å². The van der Waals surface area contributed by atoms with Crippen LogP contribution in [-0.2, 0) is 0 Å². The fraction of sp³-hybridized carbons (Fsp3) is 0.462. The number of nitrogens with one attached hydrogen (secondary N) is 1. The lowest BCUT2D eigenvalue weighted by Gasteiger charge is -2.33. The van der Waals surface area contributed by atoms with Crippen molar-refractivity contribution < 1.29 is 22.9 Å². The lowest BCUT2D eigenvalue weighted by atomic mass is 9.98. The molecule has 0 radical (unpaired) electrons. The molecule has 0 aliphatic carbocycles. The molecule has 120 valence electrons. The van der Waals surface area contributed by atoms with Crippen LogP contribution in [0.2, 0.25) is 0 Å². The minimum absolute atomic E-state index is 0.00406. The molecule has 0 saturated carbocycles. The van der Waals surface area contributed by atoms with Crippen LogP contribution < -0.4 is 5.32 Å². The Labute approximate surface area is 124 Å². The normalized spacial score (nSPS) is 18.9. The van der Waals surface area contributed by atoms with E-state index in [1.165, 1.54) is 18.2 Å². The molecule has 1 atom stereocenters. The average Bonchev–Trinajstić information content (AvgIpc) is 2.46. The summed E-state index contributed by atoms with van der Waals surface area (Å²) < 4.78 is 38.1. The van der Waals surface area contributed by atoms with Crippen LogP contribution in [0.25, 0.3) is 0 Å². The third-order valence-electron chi connectivity index (χ3n) is 3.48. The van der Waals surface area contributed by atoms with Gasteiger partial charge in [-0.05, 0) is 18.9 Å². The standard InChI is InChI=1S/C13H14F3N3O3/c14-13(15,16)9-3-2-6-18(8-9)12(20)17-10-4-1-5-11(7-10)19(21)22/h1,4-5,7,9H,2-3,6,8H2,(H,17,20). The molecule has 1 aromatic carbocycles. The highest BCUT2D eigenvalue weighted by Gasteiger charge is 2.42. The highest BCUT2D eigenvalue weighted by atomic mass is 19.4. The van der Waals surface area contributed by atoms with Crippen molar-refractivity contribution in [2.45, 2.75) is 19.0 Å². The quantitative estimate of drug-likeness (QED) is 0.671. The summed E-state index contributed by atoms with van der Waals surface area (Å²) in [5, 5.41) is 13.0. The number of piperidine rings is 1. The topological polar surface area (TPSA) is 75.5 Å². The number of halogens is 3. The van der Waals surface area contributed by atoms with Crippen molar-refractivity contribution in [3.8, 4) is 0 Å². The van der Waals surface area contributed by atoms with E-state index in [9.17, 15) is 28.1 Å². The molecule has 1 fully saturated rings. The van der Waals surface area contributed by atoms with Crippen molar-refractivity contribution >= 4 is 17.4 Å². The van der Waals surface area contributed by atoms with Crippen LogP contribution in [0.15, 0.2) is 24.3 Å². The molecule has 0 spiro atoms. The first kappa shape index (κ1) is 16.1. The number of alkyl halides is 3. The number of amides is 2. The average molecular weight is 317 g/mol. The number of rotatable bonds is 2. The SMILES string of the molecule is O=C(Nc1cccc([N+](=O)[O-])c1)N1CCCC(C(F)(F)F)C1. The zero-order valence-corrected chi connectivity index (χ0v) is 11.5. The van der Waals surface area contributed by atoms with Gasteiger partial charge in [0.1, 0.15) is 0 Å². The third kappa shape index (κ3) is 3.86. The van der Waals surface area contributed by atoms with Crippen LogP contribution in [-0.4, -0.2) is 35.1 Å². The summed E-state index contributed by atoms with van der Waals surface area (Å²) in [6.45, 7) is -0.169. The molecule has 0 aromatic heterocycles. The zero-order valence-electron chi connectivity index (χ0n) is 11.5. The van der Waals surface area contributed by atoms with Crippen LogP contribution in [0.1, 0.15) is 12.8 Å². The van der Waals surface area contributed by atoms with E-state index in [-0.39, 0.29) is 30.8 Å². The Morgan fingerprint density at radius 3 is 2.77 bits per heavy atom. The number of carbonyl (C=O) groups is 1. The first-order valence-electron chi connectivity index (χ1n) is 6.64. The number of nitro benzene ring substituents is 1. The molecule has 1 unspecified atom stereocenters. The molecular formula is C13H14F3N3O3. The van der Waals surface area contributed by atoms with Gasteiger partial charge in [0.05, 0.1) is 10.8 Å². The van der Waals surface area contributed by atoms with Crippen molar-refractivity contribution in [2.24, 2.45) is 5.92 Å². The first-order valence-corrected chi connectivity index (χ1v) is 6.64. The fourth-order valence-corrected chi connectivity index (χ4v) is 2.33. The first-order chi connectivity index (χ1) is 10.3. The fourth-order valence-electron chi connectivity index (χ4n) is 2.33. The van der Waals surface area contributed by atoms with Crippen LogP contribution in [0.5, 0.6) is 0 Å². The molecule has 1 N–H and O–H groups in total. The van der Waals surface area contributed by atoms with E-state index in [1.54, 1.807) is 0 Å². The number of carbonyl (C=O) groups excluding carboxylic acids is 1. The van der Waals surface area contributed by atoms with Crippen LogP contribution >= 0.6 is 0 Å². The molecule has 9 heteroatoms. The summed E-state index contributed by atoms with van der Waals surface area (Å²) in [4.78, 5) is 23.1. The van der Waals surface area contributed by atoms with E-state index < -0.39 is 29.6 Å². The molecular weight excluding hydrogens is 303 g/mol. The lowest BCUT2D eigenvalue weighted by molar-refractivity contribution is -0.384. The van der Waals surface area contributed by atoms with Gasteiger partial charge < -0.3 is 10.2 Å². The smallest absolute Gasteiger partial charge is 0.324 e. The zero-order chi connectivity index (χ0) is 16.3. The summed E-state index contributed by atoms with van der Waals surface area (Å²) in [6.07, 6.45) is -4.05. The lowest BCUT2D eigenvalue weighted by Crippen LogP contribution is -2.46. The Balaban J connectivity index is 2.03. The molecule has 22 heavy (non-hydrogen) atoms. The van der Waals surface area contributed by atoms with Crippen LogP contribution in [0.4, 0.5) is 29.3 Å². The second-order valence-electron chi connectivity index (χ2n) is 5.06. The van der Waals surface area contributed by atoms with Gasteiger partial charge in [0.15, 0.2) is 0 Å². The number of urea groups is 1. The van der Waals surface area contributed by atoms with E-state index in [2.05, 4.69) is 5.32 Å². The highest BCUT2D eigenvalue weighted by molar-refractivity contribution is 5.89. The van der Waals surface area contributed by atoms with E-state index in [0.29, 0.717) is 0 Å². The second-order valence-corrected chi connectivity index (χ2v) is 5.06. The molecule has 6 nitrogen and oxygen atoms in total. The Kier molecular flexibility index (Phi) is 4.53. The third-order valence-corrected chi connectivity index (χ3v) is 3.48. The van der Waals surface area contributed by atoms with E-state index in [4.69, 9.17) is 0 Å². The summed E-state index contributed by atoms with van der Waals surface area (Å²) in [6, 6.07) is 4.56. The van der Waals surface area contributed by atoms with Gasteiger partial charge in [-0.25, -0.2) is 4.79 Å². The Bertz CT molecular complexity index is 577. The Hall–Kier alpha value is -2.32.